The van der Waals surface area contributed by atoms with Crippen LogP contribution in [0.15, 0.2) is 40.9 Å². The van der Waals surface area contributed by atoms with E-state index in [4.69, 9.17) is 10.00 Å². The molecule has 0 aliphatic heterocycles. The van der Waals surface area contributed by atoms with Gasteiger partial charge in [0.1, 0.15) is 17.4 Å². The Kier molecular flexibility index (Phi) is 3.63. The number of rotatable bonds is 2. The van der Waals surface area contributed by atoms with Gasteiger partial charge in [-0.15, -0.1) is 0 Å². The van der Waals surface area contributed by atoms with Gasteiger partial charge >= 0.3 is 0 Å². The lowest BCUT2D eigenvalue weighted by Crippen LogP contribution is -1.93. The number of hydrogen-bond acceptors (Lipinski definition) is 2. The van der Waals surface area contributed by atoms with Crippen molar-refractivity contribution < 1.29 is 9.13 Å². The van der Waals surface area contributed by atoms with Gasteiger partial charge in [0.15, 0.2) is 11.6 Å². The third kappa shape index (κ3) is 2.36. The average Bonchev–Trinajstić information content (AvgIpc) is 2.35. The molecule has 18 heavy (non-hydrogen) atoms. The SMILES string of the molecule is Cc1cccc(Oc2cccc(Br)c2C#N)c1F. The molecule has 0 N–H and O–H groups in total. The Morgan fingerprint density at radius 3 is 2.56 bits per heavy atom. The molecule has 0 saturated heterocycles. The normalized spacial score (nSPS) is 9.89. The van der Waals surface area contributed by atoms with E-state index in [2.05, 4.69) is 15.9 Å². The molecule has 2 aromatic carbocycles. The summed E-state index contributed by atoms with van der Waals surface area (Å²) in [7, 11) is 0. The van der Waals surface area contributed by atoms with Crippen LogP contribution in [0, 0.1) is 24.1 Å². The molecule has 4 heteroatoms. The first-order valence-corrected chi connectivity index (χ1v) is 6.04. The minimum Gasteiger partial charge on any atom is -0.453 e. The van der Waals surface area contributed by atoms with Crippen molar-refractivity contribution >= 4 is 15.9 Å². The Balaban J connectivity index is 2.44. The third-order valence-corrected chi connectivity index (χ3v) is 3.12. The second kappa shape index (κ2) is 5.19. The summed E-state index contributed by atoms with van der Waals surface area (Å²) in [5, 5.41) is 9.05. The number of benzene rings is 2. The molecule has 0 aliphatic carbocycles. The molecule has 2 rings (SSSR count). The Labute approximate surface area is 113 Å². The third-order valence-electron chi connectivity index (χ3n) is 2.46. The molecular weight excluding hydrogens is 297 g/mol. The van der Waals surface area contributed by atoms with Crippen molar-refractivity contribution in [2.45, 2.75) is 6.92 Å². The van der Waals surface area contributed by atoms with Crippen LogP contribution in [0.3, 0.4) is 0 Å². The van der Waals surface area contributed by atoms with Gasteiger partial charge in [-0.3, -0.25) is 0 Å². The van der Waals surface area contributed by atoms with Crippen LogP contribution in [-0.4, -0.2) is 0 Å². The molecule has 0 saturated carbocycles. The van der Waals surface area contributed by atoms with Gasteiger partial charge in [-0.25, -0.2) is 4.39 Å². The summed E-state index contributed by atoms with van der Waals surface area (Å²) in [5.41, 5.74) is 0.847. The highest BCUT2D eigenvalue weighted by Crippen LogP contribution is 2.31. The summed E-state index contributed by atoms with van der Waals surface area (Å²) in [4.78, 5) is 0. The van der Waals surface area contributed by atoms with E-state index in [1.807, 2.05) is 6.07 Å². The molecule has 2 aromatic rings. The van der Waals surface area contributed by atoms with Crippen molar-refractivity contribution in [3.05, 3.63) is 57.8 Å². The maximum atomic E-state index is 13.8. The van der Waals surface area contributed by atoms with Gasteiger partial charge in [0.25, 0.3) is 0 Å². The average molecular weight is 306 g/mol. The van der Waals surface area contributed by atoms with Crippen molar-refractivity contribution in [1.82, 2.24) is 0 Å². The summed E-state index contributed by atoms with van der Waals surface area (Å²) in [5.74, 6) is 0.0299. The lowest BCUT2D eigenvalue weighted by molar-refractivity contribution is 0.438. The number of hydrogen-bond donors (Lipinski definition) is 0. The zero-order valence-corrected chi connectivity index (χ0v) is 11.2. The largest absolute Gasteiger partial charge is 0.453 e. The molecule has 0 aliphatic rings. The molecular formula is C14H9BrFNO. The van der Waals surface area contributed by atoms with Crippen LogP contribution in [0.25, 0.3) is 0 Å². The Morgan fingerprint density at radius 1 is 1.17 bits per heavy atom. The van der Waals surface area contributed by atoms with Gasteiger partial charge in [-0.1, -0.05) is 18.2 Å². The minimum absolute atomic E-state index is 0.115. The fraction of sp³-hybridized carbons (Fsp3) is 0.0714. The maximum absolute atomic E-state index is 13.8. The van der Waals surface area contributed by atoms with Crippen LogP contribution in [0.4, 0.5) is 4.39 Å². The highest BCUT2D eigenvalue weighted by atomic mass is 79.9. The van der Waals surface area contributed by atoms with Crippen LogP contribution >= 0.6 is 15.9 Å². The van der Waals surface area contributed by atoms with E-state index < -0.39 is 5.82 Å². The van der Waals surface area contributed by atoms with E-state index in [-0.39, 0.29) is 5.75 Å². The van der Waals surface area contributed by atoms with Crippen LogP contribution in [0.2, 0.25) is 0 Å². The first kappa shape index (κ1) is 12.6. The molecule has 2 nitrogen and oxygen atoms in total. The Bertz CT molecular complexity index is 634. The second-order valence-electron chi connectivity index (χ2n) is 3.71. The number of halogens is 2. The van der Waals surface area contributed by atoms with Gasteiger partial charge in [0.2, 0.25) is 0 Å². The van der Waals surface area contributed by atoms with E-state index in [1.54, 1.807) is 37.3 Å². The molecule has 0 aromatic heterocycles. The predicted octanol–water partition coefficient (Wildman–Crippen LogP) is 4.56. The number of nitrogens with zero attached hydrogens (tertiary/aromatic N) is 1. The first-order chi connectivity index (χ1) is 8.63. The standard InChI is InChI=1S/C14H9BrFNO/c1-9-4-2-7-13(14(9)16)18-12-6-3-5-11(15)10(12)8-17/h2-7H,1H3. The van der Waals surface area contributed by atoms with E-state index in [1.165, 1.54) is 6.07 Å². The fourth-order valence-corrected chi connectivity index (χ4v) is 1.95. The molecule has 90 valence electrons. The van der Waals surface area contributed by atoms with Gasteiger partial charge < -0.3 is 4.74 Å². The van der Waals surface area contributed by atoms with E-state index >= 15 is 0 Å². The summed E-state index contributed by atoms with van der Waals surface area (Å²) in [6, 6.07) is 12.0. The smallest absolute Gasteiger partial charge is 0.168 e. The second-order valence-corrected chi connectivity index (χ2v) is 4.57. The minimum atomic E-state index is -0.415. The number of ether oxygens (including phenoxy) is 1. The first-order valence-electron chi connectivity index (χ1n) is 5.25. The lowest BCUT2D eigenvalue weighted by Gasteiger charge is -2.10. The van der Waals surface area contributed by atoms with Crippen LogP contribution in [0.5, 0.6) is 11.5 Å². The van der Waals surface area contributed by atoms with Crippen molar-refractivity contribution in [2.75, 3.05) is 0 Å². The molecule has 0 spiro atoms. The quantitative estimate of drug-likeness (QED) is 0.815. The van der Waals surface area contributed by atoms with Crippen molar-refractivity contribution in [3.63, 3.8) is 0 Å². The number of aryl methyl sites for hydroxylation is 1. The van der Waals surface area contributed by atoms with Gasteiger partial charge in [-0.05, 0) is 46.6 Å². The van der Waals surface area contributed by atoms with Gasteiger partial charge in [0, 0.05) is 4.47 Å². The molecule has 0 unspecified atom stereocenters. The lowest BCUT2D eigenvalue weighted by atomic mass is 10.2. The highest BCUT2D eigenvalue weighted by Gasteiger charge is 2.11. The van der Waals surface area contributed by atoms with Crippen molar-refractivity contribution in [1.29, 1.82) is 5.26 Å². The van der Waals surface area contributed by atoms with Gasteiger partial charge in [0.05, 0.1) is 0 Å². The van der Waals surface area contributed by atoms with Gasteiger partial charge in [-0.2, -0.15) is 5.26 Å². The summed E-state index contributed by atoms with van der Waals surface area (Å²) in [6.45, 7) is 1.66. The van der Waals surface area contributed by atoms with E-state index in [0.29, 0.717) is 21.3 Å². The zero-order valence-electron chi connectivity index (χ0n) is 9.58. The van der Waals surface area contributed by atoms with E-state index in [0.717, 1.165) is 0 Å². The fourth-order valence-electron chi connectivity index (χ4n) is 1.52. The topological polar surface area (TPSA) is 33.0 Å². The van der Waals surface area contributed by atoms with Crippen molar-refractivity contribution in [3.8, 4) is 17.6 Å². The Morgan fingerprint density at radius 2 is 1.83 bits per heavy atom. The van der Waals surface area contributed by atoms with Crippen molar-refractivity contribution in [2.24, 2.45) is 0 Å². The van der Waals surface area contributed by atoms with Crippen LogP contribution < -0.4 is 4.74 Å². The number of nitriles is 1. The Hall–Kier alpha value is -1.86. The molecule has 0 fully saturated rings. The summed E-state index contributed by atoms with van der Waals surface area (Å²) >= 11 is 3.26. The molecule has 0 amide bonds. The summed E-state index contributed by atoms with van der Waals surface area (Å²) in [6.07, 6.45) is 0. The van der Waals surface area contributed by atoms with Crippen LogP contribution in [0.1, 0.15) is 11.1 Å². The van der Waals surface area contributed by atoms with E-state index in [9.17, 15) is 4.39 Å². The van der Waals surface area contributed by atoms with Crippen LogP contribution in [-0.2, 0) is 0 Å². The molecule has 0 bridgehead atoms. The summed E-state index contributed by atoms with van der Waals surface area (Å²) < 4.78 is 19.9. The monoisotopic (exact) mass is 305 g/mol. The predicted molar refractivity (Wildman–Crippen MR) is 70.1 cm³/mol. The molecule has 0 atom stereocenters. The zero-order chi connectivity index (χ0) is 13.1. The highest BCUT2D eigenvalue weighted by molar-refractivity contribution is 9.10. The molecule has 0 heterocycles. The maximum Gasteiger partial charge on any atom is 0.168 e. The molecule has 0 radical (unpaired) electrons.